The maximum Gasteiger partial charge on any atom is 0.416 e. The first kappa shape index (κ1) is 50.7. The SMILES string of the molecule is N#Cc1c(-n2c3ccccc3c3ccc4ccccc4c32)c(-n2c3ccc(C(F)(F)F)cc3c3cc(C(F)(F)F)ccc32)cc(-n2c3ccc(C(F)(F)F)cc3c3cc(C(F)(F)F)ccc32)c1-n1c2ccccc2c2ccc3ccccc3c21. The molecule has 11 aromatic carbocycles. The lowest BCUT2D eigenvalue weighted by Crippen LogP contribution is -2.14. The van der Waals surface area contributed by atoms with Gasteiger partial charge in [-0.2, -0.15) is 57.9 Å². The van der Waals surface area contributed by atoms with E-state index in [-0.39, 0.29) is 71.9 Å². The van der Waals surface area contributed by atoms with E-state index in [9.17, 15) is 57.9 Å². The van der Waals surface area contributed by atoms with E-state index in [1.54, 1.807) is 18.2 Å². The molecule has 0 N–H and O–H groups in total. The molecule has 15 aromatic rings. The molecule has 17 heteroatoms. The van der Waals surface area contributed by atoms with Crippen LogP contribution in [0.3, 0.4) is 0 Å². The van der Waals surface area contributed by atoms with Crippen molar-refractivity contribution < 1.29 is 52.7 Å². The molecule has 0 fully saturated rings. The molecule has 0 aliphatic heterocycles. The number of nitrogens with zero attached hydrogens (tertiary/aromatic N) is 5. The number of aromatic nitrogens is 4. The molecule has 15 rings (SSSR count). The Morgan fingerprint density at radius 1 is 0.274 bits per heavy atom. The number of para-hydroxylation sites is 2. The van der Waals surface area contributed by atoms with Gasteiger partial charge in [0, 0.05) is 53.9 Å². The zero-order valence-corrected chi connectivity index (χ0v) is 42.8. The predicted molar refractivity (Wildman–Crippen MR) is 304 cm³/mol. The Kier molecular flexibility index (Phi) is 10.5. The maximum absolute atomic E-state index is 14.9. The highest BCUT2D eigenvalue weighted by atomic mass is 19.4. The highest BCUT2D eigenvalue weighted by Crippen LogP contribution is 2.50. The summed E-state index contributed by atoms with van der Waals surface area (Å²) in [4.78, 5) is 0. The second-order valence-corrected chi connectivity index (χ2v) is 20.8. The molecule has 4 heterocycles. The van der Waals surface area contributed by atoms with Gasteiger partial charge in [-0.05, 0) is 102 Å². The molecule has 410 valence electrons. The van der Waals surface area contributed by atoms with Gasteiger partial charge in [0.05, 0.1) is 89.1 Å². The number of benzene rings is 11. The van der Waals surface area contributed by atoms with Crippen molar-refractivity contribution >= 4 is 109 Å². The highest BCUT2D eigenvalue weighted by Gasteiger charge is 2.38. The van der Waals surface area contributed by atoms with Gasteiger partial charge in [-0.3, -0.25) is 0 Å². The summed E-state index contributed by atoms with van der Waals surface area (Å²) < 4.78 is 185. The minimum Gasteiger partial charge on any atom is -0.307 e. The van der Waals surface area contributed by atoms with Crippen LogP contribution >= 0.6 is 0 Å². The van der Waals surface area contributed by atoms with Crippen LogP contribution in [0.15, 0.2) is 200 Å². The summed E-state index contributed by atoms with van der Waals surface area (Å²) in [5.41, 5.74) is -2.75. The number of alkyl halides is 12. The van der Waals surface area contributed by atoms with Crippen LogP contribution in [0.4, 0.5) is 52.7 Å². The van der Waals surface area contributed by atoms with E-state index in [1.807, 2.05) is 118 Å². The molecule has 0 saturated carbocycles. The molecule has 0 unspecified atom stereocenters. The summed E-state index contributed by atoms with van der Waals surface area (Å²) in [6, 6.07) is 52.0. The van der Waals surface area contributed by atoms with E-state index < -0.39 is 47.0 Å². The molecular formula is C67H33F12N5. The lowest BCUT2D eigenvalue weighted by molar-refractivity contribution is -0.138. The second kappa shape index (κ2) is 17.4. The largest absolute Gasteiger partial charge is 0.416 e. The molecule has 84 heavy (non-hydrogen) atoms. The Morgan fingerprint density at radius 2 is 0.571 bits per heavy atom. The van der Waals surface area contributed by atoms with Crippen molar-refractivity contribution in [2.45, 2.75) is 24.7 Å². The summed E-state index contributed by atoms with van der Waals surface area (Å²) in [5, 5.41) is 17.3. The fourth-order valence-electron chi connectivity index (χ4n) is 12.7. The molecule has 0 radical (unpaired) electrons. The van der Waals surface area contributed by atoms with E-state index in [0.29, 0.717) is 54.4 Å². The van der Waals surface area contributed by atoms with Crippen molar-refractivity contribution in [2.24, 2.45) is 0 Å². The lowest BCUT2D eigenvalue weighted by atomic mass is 10.0. The van der Waals surface area contributed by atoms with Gasteiger partial charge in [0.2, 0.25) is 0 Å². The predicted octanol–water partition coefficient (Wildman–Crippen LogP) is 20.3. The van der Waals surface area contributed by atoms with Crippen LogP contribution in [-0.2, 0) is 24.7 Å². The van der Waals surface area contributed by atoms with Crippen molar-refractivity contribution in [1.29, 1.82) is 5.26 Å². The topological polar surface area (TPSA) is 43.5 Å². The van der Waals surface area contributed by atoms with Gasteiger partial charge in [0.25, 0.3) is 0 Å². The molecule has 0 spiro atoms. The second-order valence-electron chi connectivity index (χ2n) is 20.8. The van der Waals surface area contributed by atoms with Gasteiger partial charge >= 0.3 is 24.7 Å². The minimum absolute atomic E-state index is 0.0140. The summed E-state index contributed by atoms with van der Waals surface area (Å²) in [7, 11) is 0. The third kappa shape index (κ3) is 7.31. The number of nitriles is 1. The van der Waals surface area contributed by atoms with E-state index in [2.05, 4.69) is 6.07 Å². The first-order chi connectivity index (χ1) is 40.2. The number of hydrogen-bond acceptors (Lipinski definition) is 1. The van der Waals surface area contributed by atoms with Crippen molar-refractivity contribution in [1.82, 2.24) is 18.3 Å². The van der Waals surface area contributed by atoms with Gasteiger partial charge < -0.3 is 18.3 Å². The molecule has 0 aliphatic carbocycles. The van der Waals surface area contributed by atoms with Crippen LogP contribution in [0.2, 0.25) is 0 Å². The van der Waals surface area contributed by atoms with Gasteiger partial charge in [-0.25, -0.2) is 0 Å². The Hall–Kier alpha value is -10.2. The zero-order chi connectivity index (χ0) is 58.1. The smallest absolute Gasteiger partial charge is 0.307 e. The molecule has 0 atom stereocenters. The van der Waals surface area contributed by atoms with Crippen molar-refractivity contribution in [2.75, 3.05) is 0 Å². The van der Waals surface area contributed by atoms with Crippen molar-refractivity contribution in [3.8, 4) is 28.8 Å². The molecule has 4 aromatic heterocycles. The van der Waals surface area contributed by atoms with Crippen LogP contribution in [0.1, 0.15) is 27.8 Å². The third-order valence-electron chi connectivity index (χ3n) is 16.2. The van der Waals surface area contributed by atoms with Gasteiger partial charge in [0.1, 0.15) is 11.6 Å². The first-order valence-corrected chi connectivity index (χ1v) is 26.1. The zero-order valence-electron chi connectivity index (χ0n) is 42.8. The van der Waals surface area contributed by atoms with Crippen LogP contribution in [-0.4, -0.2) is 18.3 Å². The summed E-state index contributed by atoms with van der Waals surface area (Å²) in [6.07, 6.45) is -19.9. The Morgan fingerprint density at radius 3 is 0.893 bits per heavy atom. The lowest BCUT2D eigenvalue weighted by Gasteiger charge is -2.26. The quantitative estimate of drug-likeness (QED) is 0.162. The first-order valence-electron chi connectivity index (χ1n) is 26.1. The van der Waals surface area contributed by atoms with Gasteiger partial charge in [-0.15, -0.1) is 0 Å². The molecule has 5 nitrogen and oxygen atoms in total. The average Bonchev–Trinajstić information content (AvgIpc) is 4.15. The standard InChI is InChI=1S/C67H33F12N5/c68-64(69,70)37-19-25-54-47(29-37)48-30-38(65(71,72)73)20-26-55(48)81(54)58-33-59(82-56-27-21-39(66(74,75)76)31-49(56)50-32-40(67(77,78)79)22-28-57(50)82)63(84-53-16-8-6-14-44(53)46-24-18-36-10-2-4-12-42(36)61(46)84)51(34-80)62(58)83-52-15-7-5-13-43(52)45-23-17-35-9-1-3-11-41(35)60(45)83/h1-33H. The van der Waals surface area contributed by atoms with Gasteiger partial charge in [-0.1, -0.05) is 109 Å². The Bertz CT molecular complexity index is 4940. The van der Waals surface area contributed by atoms with Crippen LogP contribution in [0.25, 0.3) is 132 Å². The number of halogens is 12. The van der Waals surface area contributed by atoms with E-state index in [4.69, 9.17) is 0 Å². The van der Waals surface area contributed by atoms with E-state index >= 15 is 0 Å². The molecule has 0 saturated heterocycles. The van der Waals surface area contributed by atoms with Crippen molar-refractivity contribution in [3.05, 3.63) is 228 Å². The molecule has 0 bridgehead atoms. The van der Waals surface area contributed by atoms with Crippen LogP contribution < -0.4 is 0 Å². The minimum atomic E-state index is -4.97. The van der Waals surface area contributed by atoms with Crippen LogP contribution in [0, 0.1) is 11.3 Å². The van der Waals surface area contributed by atoms with Crippen molar-refractivity contribution in [3.63, 3.8) is 0 Å². The maximum atomic E-state index is 14.9. The molecule has 0 aliphatic rings. The summed E-state index contributed by atoms with van der Waals surface area (Å²) >= 11 is 0. The average molecular weight is 1140 g/mol. The van der Waals surface area contributed by atoms with E-state index in [0.717, 1.165) is 83.6 Å². The normalized spacial score (nSPS) is 13.0. The summed E-state index contributed by atoms with van der Waals surface area (Å²) in [6.45, 7) is 0. The Balaban J connectivity index is 1.25. The fraction of sp³-hybridized carbons (Fsp3) is 0.0597. The highest BCUT2D eigenvalue weighted by molar-refractivity contribution is 6.22. The van der Waals surface area contributed by atoms with Gasteiger partial charge in [0.15, 0.2) is 0 Å². The number of rotatable bonds is 4. The van der Waals surface area contributed by atoms with E-state index in [1.165, 1.54) is 9.13 Å². The van der Waals surface area contributed by atoms with Crippen LogP contribution in [0.5, 0.6) is 0 Å². The monoisotopic (exact) mass is 1140 g/mol. The Labute approximate surface area is 464 Å². The molecule has 0 amide bonds. The fourth-order valence-corrected chi connectivity index (χ4v) is 12.7. The number of hydrogen-bond donors (Lipinski definition) is 0. The summed E-state index contributed by atoms with van der Waals surface area (Å²) in [5.74, 6) is 0. The number of fused-ring (bicyclic) bond motifs is 16. The third-order valence-corrected chi connectivity index (χ3v) is 16.2. The molecular weight excluding hydrogens is 1100 g/mol.